The lowest BCUT2D eigenvalue weighted by Gasteiger charge is -2.12. The van der Waals surface area contributed by atoms with Gasteiger partial charge in [0.2, 0.25) is 16.0 Å². The van der Waals surface area contributed by atoms with E-state index >= 15 is 0 Å². The molecular weight excluding hydrogens is 467 g/mol. The van der Waals surface area contributed by atoms with Gasteiger partial charge in [-0.1, -0.05) is 54.6 Å². The summed E-state index contributed by atoms with van der Waals surface area (Å²) in [6, 6.07) is 22.2. The number of hydrogen-bond acceptors (Lipinski definition) is 7. The Morgan fingerprint density at radius 2 is 1.63 bits per heavy atom. The molecule has 0 amide bonds. The van der Waals surface area contributed by atoms with Crippen molar-refractivity contribution in [1.29, 1.82) is 0 Å². The predicted molar refractivity (Wildman–Crippen MR) is 136 cm³/mol. The fourth-order valence-corrected chi connectivity index (χ4v) is 3.96. The van der Waals surface area contributed by atoms with Crippen LogP contribution in [0.15, 0.2) is 95.1 Å². The van der Waals surface area contributed by atoms with Gasteiger partial charge in [0, 0.05) is 11.8 Å². The molecule has 0 fully saturated rings. The van der Waals surface area contributed by atoms with Crippen molar-refractivity contribution in [3.8, 4) is 11.1 Å². The van der Waals surface area contributed by atoms with Gasteiger partial charge < -0.3 is 5.32 Å². The van der Waals surface area contributed by atoms with E-state index < -0.39 is 15.8 Å². The Morgan fingerprint density at radius 3 is 2.31 bits per heavy atom. The number of halogens is 1. The van der Waals surface area contributed by atoms with Gasteiger partial charge in [0.1, 0.15) is 5.82 Å². The third-order valence-electron chi connectivity index (χ3n) is 5.17. The molecule has 3 N–H and O–H groups in total. The average molecular weight is 491 g/mol. The summed E-state index contributed by atoms with van der Waals surface area (Å²) in [6.07, 6.45) is 1.64. The van der Waals surface area contributed by atoms with Gasteiger partial charge in [-0.2, -0.15) is 10.1 Å². The molecule has 10 heteroatoms. The van der Waals surface area contributed by atoms with Crippen LogP contribution in [0.1, 0.15) is 12.5 Å². The molecule has 0 aliphatic carbocycles. The maximum absolute atomic E-state index is 14.1. The highest BCUT2D eigenvalue weighted by Crippen LogP contribution is 2.28. The van der Waals surface area contributed by atoms with Crippen molar-refractivity contribution in [3.63, 3.8) is 0 Å². The second kappa shape index (κ2) is 10.4. The highest BCUT2D eigenvalue weighted by atomic mass is 32.2. The van der Waals surface area contributed by atoms with Crippen molar-refractivity contribution >= 4 is 33.2 Å². The van der Waals surface area contributed by atoms with Crippen molar-refractivity contribution in [2.75, 3.05) is 17.8 Å². The highest BCUT2D eigenvalue weighted by Gasteiger charge is 2.13. The predicted octanol–water partition coefficient (Wildman–Crippen LogP) is 4.77. The molecule has 0 atom stereocenters. The first kappa shape index (κ1) is 24.0. The smallest absolute Gasteiger partial charge is 0.240 e. The maximum Gasteiger partial charge on any atom is 0.240 e. The molecule has 0 saturated carbocycles. The van der Waals surface area contributed by atoms with E-state index in [9.17, 15) is 12.8 Å². The summed E-state index contributed by atoms with van der Waals surface area (Å²) in [4.78, 5) is 9.01. The SMILES string of the molecule is CNS(=O)(=O)c1ccc(C(C)=NNc2nc(Nc3ccccc3F)ncc2-c2ccccc2)cc1. The monoisotopic (exact) mass is 490 g/mol. The van der Waals surface area contributed by atoms with E-state index in [2.05, 4.69) is 30.5 Å². The number of hydrogen-bond donors (Lipinski definition) is 3. The fourth-order valence-electron chi connectivity index (χ4n) is 3.23. The Hall–Kier alpha value is -4.15. The minimum Gasteiger partial charge on any atom is -0.322 e. The van der Waals surface area contributed by atoms with Gasteiger partial charge in [-0.3, -0.25) is 5.43 Å². The minimum atomic E-state index is -3.52. The van der Waals surface area contributed by atoms with Gasteiger partial charge >= 0.3 is 0 Å². The molecule has 178 valence electrons. The molecule has 0 unspecified atom stereocenters. The van der Waals surface area contributed by atoms with Crippen LogP contribution < -0.4 is 15.5 Å². The number of anilines is 3. The summed E-state index contributed by atoms with van der Waals surface area (Å²) in [6.45, 7) is 1.79. The molecule has 0 bridgehead atoms. The number of benzene rings is 3. The van der Waals surface area contributed by atoms with Crippen LogP contribution in [0.5, 0.6) is 0 Å². The van der Waals surface area contributed by atoms with Crippen LogP contribution in [0.4, 0.5) is 21.8 Å². The molecule has 0 aliphatic rings. The molecular formula is C25H23FN6O2S. The molecule has 35 heavy (non-hydrogen) atoms. The van der Waals surface area contributed by atoms with E-state index in [-0.39, 0.29) is 16.5 Å². The molecule has 4 rings (SSSR count). The van der Waals surface area contributed by atoms with Crippen molar-refractivity contribution in [3.05, 3.63) is 96.4 Å². The standard InChI is InChI=1S/C25H23FN6O2S/c1-17(18-12-14-20(15-13-18)35(33,34)27-2)31-32-24-21(19-8-4-3-5-9-19)16-28-25(30-24)29-23-11-7-6-10-22(23)26/h3-16,27H,1-2H3,(H2,28,29,30,32). The Balaban J connectivity index is 1.64. The van der Waals surface area contributed by atoms with Crippen molar-refractivity contribution in [1.82, 2.24) is 14.7 Å². The normalized spacial score (nSPS) is 11.8. The maximum atomic E-state index is 14.1. The Labute approximate surface area is 203 Å². The Kier molecular flexibility index (Phi) is 7.14. The molecule has 4 aromatic rings. The summed E-state index contributed by atoms with van der Waals surface area (Å²) in [7, 11) is -2.16. The lowest BCUT2D eigenvalue weighted by molar-refractivity contribution is 0.588. The van der Waals surface area contributed by atoms with E-state index in [1.807, 2.05) is 30.3 Å². The summed E-state index contributed by atoms with van der Waals surface area (Å²) < 4.78 is 40.3. The first-order valence-electron chi connectivity index (χ1n) is 10.7. The Bertz CT molecular complexity index is 1460. The van der Waals surface area contributed by atoms with Crippen LogP contribution in [0.3, 0.4) is 0 Å². The van der Waals surface area contributed by atoms with E-state index in [0.29, 0.717) is 17.1 Å². The summed E-state index contributed by atoms with van der Waals surface area (Å²) in [5.74, 6) is 0.195. The van der Waals surface area contributed by atoms with Gasteiger partial charge in [-0.15, -0.1) is 0 Å². The molecule has 0 aliphatic heterocycles. The molecule has 1 aromatic heterocycles. The molecule has 0 radical (unpaired) electrons. The minimum absolute atomic E-state index is 0.163. The lowest BCUT2D eigenvalue weighted by Crippen LogP contribution is -2.18. The number of nitrogens with zero attached hydrogens (tertiary/aromatic N) is 3. The number of sulfonamides is 1. The zero-order valence-corrected chi connectivity index (χ0v) is 19.8. The van der Waals surface area contributed by atoms with E-state index in [4.69, 9.17) is 0 Å². The van der Waals surface area contributed by atoms with Crippen LogP contribution in [-0.4, -0.2) is 31.1 Å². The summed E-state index contributed by atoms with van der Waals surface area (Å²) in [5.41, 5.74) is 6.15. The molecule has 8 nitrogen and oxygen atoms in total. The third-order valence-corrected chi connectivity index (χ3v) is 6.60. The topological polar surface area (TPSA) is 108 Å². The lowest BCUT2D eigenvalue weighted by atomic mass is 10.1. The number of rotatable bonds is 8. The van der Waals surface area contributed by atoms with Gasteiger partial charge in [-0.05, 0) is 49.4 Å². The summed E-state index contributed by atoms with van der Waals surface area (Å²) in [5, 5.41) is 7.33. The van der Waals surface area contributed by atoms with Crippen LogP contribution in [0.25, 0.3) is 11.1 Å². The fraction of sp³-hybridized carbons (Fsp3) is 0.0800. The quantitative estimate of drug-likeness (QED) is 0.243. The van der Waals surface area contributed by atoms with Crippen molar-refractivity contribution < 1.29 is 12.8 Å². The average Bonchev–Trinajstić information content (AvgIpc) is 2.89. The zero-order chi connectivity index (χ0) is 24.8. The number of para-hydroxylation sites is 1. The number of aromatic nitrogens is 2. The second-order valence-electron chi connectivity index (χ2n) is 7.47. The zero-order valence-electron chi connectivity index (χ0n) is 19.0. The van der Waals surface area contributed by atoms with Crippen LogP contribution in [0.2, 0.25) is 0 Å². The largest absolute Gasteiger partial charge is 0.322 e. The first-order chi connectivity index (χ1) is 16.9. The van der Waals surface area contributed by atoms with E-state index in [0.717, 1.165) is 11.1 Å². The van der Waals surface area contributed by atoms with Crippen LogP contribution >= 0.6 is 0 Å². The molecule has 1 heterocycles. The van der Waals surface area contributed by atoms with Gasteiger partial charge in [0.15, 0.2) is 5.82 Å². The molecule has 3 aromatic carbocycles. The number of nitrogens with one attached hydrogen (secondary N) is 3. The van der Waals surface area contributed by atoms with Gasteiger partial charge in [0.25, 0.3) is 0 Å². The van der Waals surface area contributed by atoms with Crippen molar-refractivity contribution in [2.45, 2.75) is 11.8 Å². The molecule has 0 spiro atoms. The third kappa shape index (κ3) is 5.68. The highest BCUT2D eigenvalue weighted by molar-refractivity contribution is 7.89. The van der Waals surface area contributed by atoms with Gasteiger partial charge in [0.05, 0.1) is 16.3 Å². The van der Waals surface area contributed by atoms with E-state index in [1.54, 1.807) is 43.5 Å². The first-order valence-corrected chi connectivity index (χ1v) is 12.1. The number of hydrazone groups is 1. The Morgan fingerprint density at radius 1 is 0.943 bits per heavy atom. The van der Waals surface area contributed by atoms with Crippen LogP contribution in [0, 0.1) is 5.82 Å². The van der Waals surface area contributed by atoms with Crippen LogP contribution in [-0.2, 0) is 10.0 Å². The summed E-state index contributed by atoms with van der Waals surface area (Å²) >= 11 is 0. The van der Waals surface area contributed by atoms with Crippen molar-refractivity contribution in [2.24, 2.45) is 5.10 Å². The second-order valence-corrected chi connectivity index (χ2v) is 9.35. The molecule has 0 saturated heterocycles. The van der Waals surface area contributed by atoms with Gasteiger partial charge in [-0.25, -0.2) is 22.5 Å². The van der Waals surface area contributed by atoms with E-state index in [1.165, 1.54) is 25.2 Å².